The van der Waals surface area contributed by atoms with Crippen molar-refractivity contribution in [2.45, 2.75) is 66.1 Å². The zero-order chi connectivity index (χ0) is 12.9. The number of allylic oxidation sites excluding steroid dienone is 1. The minimum Gasteiger partial charge on any atom is -0.368 e. The molecule has 1 rings (SSSR count). The summed E-state index contributed by atoms with van der Waals surface area (Å²) in [6.07, 6.45) is 7.50. The van der Waals surface area contributed by atoms with Gasteiger partial charge in [-0.2, -0.15) is 0 Å². The van der Waals surface area contributed by atoms with E-state index >= 15 is 0 Å². The number of hydrogen-bond donors (Lipinski definition) is 1. The summed E-state index contributed by atoms with van der Waals surface area (Å²) < 4.78 is 5.58. The Balaban J connectivity index is 2.28. The van der Waals surface area contributed by atoms with Gasteiger partial charge in [0.15, 0.2) is 6.29 Å². The Labute approximate surface area is 106 Å². The molecule has 0 saturated carbocycles. The maximum Gasteiger partial charge on any atom is 0.157 e. The van der Waals surface area contributed by atoms with Crippen molar-refractivity contribution in [2.24, 2.45) is 11.3 Å². The largest absolute Gasteiger partial charge is 0.368 e. The predicted molar refractivity (Wildman–Crippen MR) is 71.7 cm³/mol. The van der Waals surface area contributed by atoms with E-state index in [-0.39, 0.29) is 11.3 Å². The lowest BCUT2D eigenvalue weighted by Gasteiger charge is -2.27. The van der Waals surface area contributed by atoms with Gasteiger partial charge in [-0.05, 0) is 43.1 Å². The first-order valence-electron chi connectivity index (χ1n) is 6.86. The molecule has 2 nitrogen and oxygen atoms in total. The van der Waals surface area contributed by atoms with Gasteiger partial charge < -0.3 is 9.84 Å². The number of aliphatic hydroxyl groups is 1. The Bertz CT molecular complexity index is 250. The van der Waals surface area contributed by atoms with E-state index in [4.69, 9.17) is 4.74 Å². The summed E-state index contributed by atoms with van der Waals surface area (Å²) >= 11 is 0. The number of ether oxygens (including phenoxy) is 1. The average molecular weight is 240 g/mol. The van der Waals surface area contributed by atoms with Crippen LogP contribution in [0.2, 0.25) is 0 Å². The quantitative estimate of drug-likeness (QED) is 0.583. The third-order valence-corrected chi connectivity index (χ3v) is 3.25. The molecule has 2 atom stereocenters. The van der Waals surface area contributed by atoms with Gasteiger partial charge in [0.05, 0.1) is 6.61 Å². The van der Waals surface area contributed by atoms with Crippen LogP contribution in [-0.4, -0.2) is 18.0 Å². The highest BCUT2D eigenvalue weighted by Crippen LogP contribution is 2.27. The van der Waals surface area contributed by atoms with Crippen molar-refractivity contribution in [3.8, 4) is 0 Å². The summed E-state index contributed by atoms with van der Waals surface area (Å²) in [7, 11) is 0. The van der Waals surface area contributed by atoms with Gasteiger partial charge in [0.2, 0.25) is 0 Å². The van der Waals surface area contributed by atoms with Crippen LogP contribution in [-0.2, 0) is 4.74 Å². The maximum atomic E-state index is 9.96. The van der Waals surface area contributed by atoms with E-state index in [9.17, 15) is 5.11 Å². The molecule has 0 heterocycles. The van der Waals surface area contributed by atoms with Crippen molar-refractivity contribution >= 4 is 0 Å². The minimum atomic E-state index is -0.628. The van der Waals surface area contributed by atoms with Crippen molar-refractivity contribution in [1.82, 2.24) is 0 Å². The van der Waals surface area contributed by atoms with Gasteiger partial charge in [-0.25, -0.2) is 0 Å². The zero-order valence-corrected chi connectivity index (χ0v) is 11.8. The predicted octanol–water partition coefficient (Wildman–Crippen LogP) is 3.89. The first kappa shape index (κ1) is 14.7. The Morgan fingerprint density at radius 1 is 1.35 bits per heavy atom. The molecule has 1 aliphatic rings. The summed E-state index contributed by atoms with van der Waals surface area (Å²) in [6.45, 7) is 9.25. The first-order valence-corrected chi connectivity index (χ1v) is 6.86. The van der Waals surface area contributed by atoms with Crippen LogP contribution < -0.4 is 0 Å². The molecule has 0 saturated heterocycles. The summed E-state index contributed by atoms with van der Waals surface area (Å²) in [5.41, 5.74) is 1.60. The molecule has 1 aliphatic carbocycles. The third kappa shape index (κ3) is 6.23. The van der Waals surface area contributed by atoms with Crippen LogP contribution in [0.3, 0.4) is 0 Å². The van der Waals surface area contributed by atoms with Crippen molar-refractivity contribution in [2.75, 3.05) is 6.61 Å². The Morgan fingerprint density at radius 2 is 2.06 bits per heavy atom. The lowest BCUT2D eigenvalue weighted by Crippen LogP contribution is -2.26. The molecule has 17 heavy (non-hydrogen) atoms. The third-order valence-electron chi connectivity index (χ3n) is 3.25. The van der Waals surface area contributed by atoms with Gasteiger partial charge in [0.1, 0.15) is 0 Å². The van der Waals surface area contributed by atoms with Crippen LogP contribution in [0.4, 0.5) is 0 Å². The van der Waals surface area contributed by atoms with Gasteiger partial charge in [0.25, 0.3) is 0 Å². The Morgan fingerprint density at radius 3 is 2.59 bits per heavy atom. The van der Waals surface area contributed by atoms with Crippen LogP contribution in [0.5, 0.6) is 0 Å². The lowest BCUT2D eigenvalue weighted by molar-refractivity contribution is -0.130. The molecule has 0 bridgehead atoms. The molecule has 0 aromatic carbocycles. The maximum absolute atomic E-state index is 9.96. The van der Waals surface area contributed by atoms with Crippen LogP contribution in [0.15, 0.2) is 11.6 Å². The van der Waals surface area contributed by atoms with Crippen LogP contribution in [0.1, 0.15) is 59.8 Å². The van der Waals surface area contributed by atoms with Crippen LogP contribution in [0, 0.1) is 11.3 Å². The summed E-state index contributed by atoms with van der Waals surface area (Å²) in [5, 5.41) is 9.96. The molecule has 100 valence electrons. The molecule has 0 amide bonds. The number of rotatable bonds is 5. The van der Waals surface area contributed by atoms with Gasteiger partial charge in [-0.3, -0.25) is 0 Å². The van der Waals surface area contributed by atoms with E-state index in [1.165, 1.54) is 24.8 Å². The first-order chi connectivity index (χ1) is 7.88. The van der Waals surface area contributed by atoms with Crippen LogP contribution >= 0.6 is 0 Å². The second-order valence-corrected chi connectivity index (χ2v) is 6.55. The van der Waals surface area contributed by atoms with E-state index in [2.05, 4.69) is 33.8 Å². The summed E-state index contributed by atoms with van der Waals surface area (Å²) in [4.78, 5) is 0. The van der Waals surface area contributed by atoms with Gasteiger partial charge in [-0.15, -0.1) is 0 Å². The monoisotopic (exact) mass is 240 g/mol. The van der Waals surface area contributed by atoms with Gasteiger partial charge >= 0.3 is 0 Å². The smallest absolute Gasteiger partial charge is 0.157 e. The topological polar surface area (TPSA) is 29.5 Å². The fraction of sp³-hybridized carbons (Fsp3) is 0.867. The molecule has 0 aromatic rings. The van der Waals surface area contributed by atoms with E-state index < -0.39 is 6.29 Å². The van der Waals surface area contributed by atoms with E-state index in [1.807, 2.05) is 0 Å². The zero-order valence-electron chi connectivity index (χ0n) is 11.8. The van der Waals surface area contributed by atoms with E-state index in [1.54, 1.807) is 0 Å². The molecule has 2 heteroatoms. The van der Waals surface area contributed by atoms with Gasteiger partial charge in [0, 0.05) is 5.92 Å². The molecule has 1 N–H and O–H groups in total. The molecule has 2 unspecified atom stereocenters. The second kappa shape index (κ2) is 6.55. The highest BCUT2D eigenvalue weighted by molar-refractivity contribution is 5.05. The SMILES string of the molecule is CC(CC(C)(C)C)C(O)OCC1=CCCCC1. The summed E-state index contributed by atoms with van der Waals surface area (Å²) in [6, 6.07) is 0. The highest BCUT2D eigenvalue weighted by Gasteiger charge is 2.22. The highest BCUT2D eigenvalue weighted by atomic mass is 16.6. The van der Waals surface area contributed by atoms with E-state index in [0.717, 1.165) is 12.8 Å². The van der Waals surface area contributed by atoms with Crippen LogP contribution in [0.25, 0.3) is 0 Å². The standard InChI is InChI=1S/C15H28O2/c1-12(10-15(2,3)4)14(16)17-11-13-8-6-5-7-9-13/h8,12,14,16H,5-7,9-11H2,1-4H3. The normalized spacial score (nSPS) is 20.9. The van der Waals surface area contributed by atoms with Gasteiger partial charge in [-0.1, -0.05) is 33.8 Å². The molecule has 0 spiro atoms. The molecular weight excluding hydrogens is 212 g/mol. The molecule has 0 radical (unpaired) electrons. The Kier molecular flexibility index (Phi) is 5.68. The molecule has 0 aliphatic heterocycles. The lowest BCUT2D eigenvalue weighted by atomic mass is 9.85. The minimum absolute atomic E-state index is 0.194. The number of hydrogen-bond acceptors (Lipinski definition) is 2. The average Bonchev–Trinajstić information content (AvgIpc) is 2.25. The second-order valence-electron chi connectivity index (χ2n) is 6.55. The van der Waals surface area contributed by atoms with Crippen molar-refractivity contribution in [3.05, 3.63) is 11.6 Å². The fourth-order valence-electron chi connectivity index (χ4n) is 2.46. The summed E-state index contributed by atoms with van der Waals surface area (Å²) in [5.74, 6) is 0.194. The fourth-order valence-corrected chi connectivity index (χ4v) is 2.46. The van der Waals surface area contributed by atoms with E-state index in [0.29, 0.717) is 6.61 Å². The van der Waals surface area contributed by atoms with Crippen molar-refractivity contribution < 1.29 is 9.84 Å². The molecule has 0 aromatic heterocycles. The molecule has 0 fully saturated rings. The number of aliphatic hydroxyl groups excluding tert-OH is 1. The Hall–Kier alpha value is -0.340. The molecular formula is C15H28O2. The van der Waals surface area contributed by atoms with Crippen molar-refractivity contribution in [1.29, 1.82) is 0 Å². The van der Waals surface area contributed by atoms with Crippen molar-refractivity contribution in [3.63, 3.8) is 0 Å².